The van der Waals surface area contributed by atoms with Crippen LogP contribution in [0.3, 0.4) is 0 Å². The summed E-state index contributed by atoms with van der Waals surface area (Å²) < 4.78 is 7.07. The number of thioether (sulfide) groups is 1. The van der Waals surface area contributed by atoms with Gasteiger partial charge < -0.3 is 20.1 Å². The fourth-order valence-electron chi connectivity index (χ4n) is 2.37. The van der Waals surface area contributed by atoms with Gasteiger partial charge in [-0.15, -0.1) is 11.8 Å². The predicted molar refractivity (Wildman–Crippen MR) is 72.3 cm³/mol. The van der Waals surface area contributed by atoms with Crippen LogP contribution in [0.25, 0.3) is 11.2 Å². The van der Waals surface area contributed by atoms with E-state index in [0.29, 0.717) is 5.65 Å². The first-order valence-corrected chi connectivity index (χ1v) is 7.38. The maximum atomic E-state index is 10.0. The molecule has 1 saturated heterocycles. The Morgan fingerprint density at radius 2 is 2.15 bits per heavy atom. The highest BCUT2D eigenvalue weighted by Gasteiger charge is 2.43. The van der Waals surface area contributed by atoms with Crippen molar-refractivity contribution in [2.45, 2.75) is 29.4 Å². The zero-order chi connectivity index (χ0) is 14.3. The van der Waals surface area contributed by atoms with Gasteiger partial charge in [-0.05, 0) is 12.3 Å². The van der Waals surface area contributed by atoms with E-state index < -0.39 is 24.5 Å². The number of pyridine rings is 1. The summed E-state index contributed by atoms with van der Waals surface area (Å²) in [5, 5.41) is 29.0. The lowest BCUT2D eigenvalue weighted by Crippen LogP contribution is -2.33. The van der Waals surface area contributed by atoms with Crippen LogP contribution in [0.4, 0.5) is 0 Å². The van der Waals surface area contributed by atoms with Crippen LogP contribution >= 0.6 is 11.8 Å². The zero-order valence-corrected chi connectivity index (χ0v) is 11.6. The second-order valence-electron chi connectivity index (χ2n) is 4.57. The first-order valence-electron chi connectivity index (χ1n) is 6.15. The molecule has 4 atom stereocenters. The van der Waals surface area contributed by atoms with E-state index in [4.69, 9.17) is 9.84 Å². The molecule has 0 bridgehead atoms. The van der Waals surface area contributed by atoms with Crippen LogP contribution in [0.2, 0.25) is 0 Å². The minimum absolute atomic E-state index is 0.356. The third-order valence-electron chi connectivity index (χ3n) is 3.43. The molecule has 0 amide bonds. The molecule has 8 heteroatoms. The van der Waals surface area contributed by atoms with Gasteiger partial charge >= 0.3 is 0 Å². The summed E-state index contributed by atoms with van der Waals surface area (Å²) in [6, 6.07) is 1.86. The number of ether oxygens (including phenoxy) is 1. The molecule has 0 radical (unpaired) electrons. The molecule has 108 valence electrons. The molecule has 0 spiro atoms. The van der Waals surface area contributed by atoms with Gasteiger partial charge in [0.2, 0.25) is 0 Å². The Morgan fingerprint density at radius 1 is 1.35 bits per heavy atom. The Kier molecular flexibility index (Phi) is 3.65. The van der Waals surface area contributed by atoms with Crippen molar-refractivity contribution in [3.8, 4) is 0 Å². The Hall–Kier alpha value is -1.19. The van der Waals surface area contributed by atoms with Crippen molar-refractivity contribution in [1.82, 2.24) is 14.5 Å². The van der Waals surface area contributed by atoms with E-state index in [2.05, 4.69) is 9.97 Å². The molecule has 1 fully saturated rings. The van der Waals surface area contributed by atoms with E-state index in [1.165, 1.54) is 6.33 Å². The third-order valence-corrected chi connectivity index (χ3v) is 4.20. The first-order chi connectivity index (χ1) is 9.67. The summed E-state index contributed by atoms with van der Waals surface area (Å²) in [6.07, 6.45) is 1.24. The highest BCUT2D eigenvalue weighted by atomic mass is 32.2. The van der Waals surface area contributed by atoms with Crippen LogP contribution in [0, 0.1) is 0 Å². The number of aliphatic hydroxyl groups excluding tert-OH is 3. The molecular formula is C12H15N3O4S. The topological polar surface area (TPSA) is 101 Å². The number of hydrogen-bond acceptors (Lipinski definition) is 7. The summed E-state index contributed by atoms with van der Waals surface area (Å²) >= 11 is 1.55. The van der Waals surface area contributed by atoms with Crippen molar-refractivity contribution in [2.24, 2.45) is 0 Å². The summed E-state index contributed by atoms with van der Waals surface area (Å²) in [7, 11) is 0. The molecule has 0 aliphatic carbocycles. The molecule has 4 unspecified atom stereocenters. The summed E-state index contributed by atoms with van der Waals surface area (Å²) in [4.78, 5) is 9.52. The molecule has 1 aliphatic heterocycles. The van der Waals surface area contributed by atoms with E-state index in [1.54, 1.807) is 22.5 Å². The van der Waals surface area contributed by atoms with Crippen LogP contribution in [-0.4, -0.2) is 61.0 Å². The lowest BCUT2D eigenvalue weighted by atomic mass is 10.1. The van der Waals surface area contributed by atoms with E-state index in [9.17, 15) is 10.2 Å². The maximum absolute atomic E-state index is 10.0. The minimum atomic E-state index is -1.13. The Labute approximate surface area is 119 Å². The van der Waals surface area contributed by atoms with E-state index in [-0.39, 0.29) is 6.61 Å². The minimum Gasteiger partial charge on any atom is -0.394 e. The smallest absolute Gasteiger partial charge is 0.165 e. The molecule has 7 nitrogen and oxygen atoms in total. The largest absolute Gasteiger partial charge is 0.394 e. The van der Waals surface area contributed by atoms with Crippen molar-refractivity contribution in [3.05, 3.63) is 18.6 Å². The standard InChI is InChI=1S/C12H15N3O4S/c1-20-7-2-3-13-11-8(7)14-5-15(11)12-10(18)9(17)6(4-16)19-12/h2-3,5-6,9-10,12,16-18H,4H2,1H3. The summed E-state index contributed by atoms with van der Waals surface area (Å²) in [5.74, 6) is 0. The van der Waals surface area contributed by atoms with Crippen LogP contribution in [0.1, 0.15) is 6.23 Å². The van der Waals surface area contributed by atoms with Crippen molar-refractivity contribution in [2.75, 3.05) is 12.9 Å². The highest BCUT2D eigenvalue weighted by molar-refractivity contribution is 7.98. The quantitative estimate of drug-likeness (QED) is 0.672. The number of nitrogens with zero attached hydrogens (tertiary/aromatic N) is 3. The van der Waals surface area contributed by atoms with E-state index >= 15 is 0 Å². The number of aliphatic hydroxyl groups is 3. The zero-order valence-electron chi connectivity index (χ0n) is 10.7. The van der Waals surface area contributed by atoms with Gasteiger partial charge in [0.05, 0.1) is 12.9 Å². The molecule has 2 aromatic heterocycles. The number of hydrogen-bond donors (Lipinski definition) is 3. The van der Waals surface area contributed by atoms with Crippen molar-refractivity contribution in [3.63, 3.8) is 0 Å². The highest BCUT2D eigenvalue weighted by Crippen LogP contribution is 2.32. The van der Waals surface area contributed by atoms with Crippen LogP contribution in [0.5, 0.6) is 0 Å². The predicted octanol–water partition coefficient (Wildman–Crippen LogP) is -0.235. The third kappa shape index (κ3) is 2.00. The first kappa shape index (κ1) is 13.8. The molecule has 3 heterocycles. The van der Waals surface area contributed by atoms with Gasteiger partial charge in [-0.1, -0.05) is 0 Å². The number of rotatable bonds is 3. The van der Waals surface area contributed by atoms with Crippen LogP contribution in [-0.2, 0) is 4.74 Å². The number of aromatic nitrogens is 3. The van der Waals surface area contributed by atoms with Crippen molar-refractivity contribution in [1.29, 1.82) is 0 Å². The molecule has 0 aromatic carbocycles. The normalized spacial score (nSPS) is 30.2. The van der Waals surface area contributed by atoms with Crippen molar-refractivity contribution < 1.29 is 20.1 Å². The molecular weight excluding hydrogens is 282 g/mol. The van der Waals surface area contributed by atoms with Gasteiger partial charge in [-0.3, -0.25) is 4.57 Å². The monoisotopic (exact) mass is 297 g/mol. The SMILES string of the molecule is CSc1ccnc2c1ncn2C1OC(CO)C(O)C1O. The Morgan fingerprint density at radius 3 is 2.80 bits per heavy atom. The summed E-state index contributed by atoms with van der Waals surface area (Å²) in [5.41, 5.74) is 1.30. The second kappa shape index (κ2) is 5.30. The molecule has 2 aromatic rings. The molecule has 3 rings (SSSR count). The maximum Gasteiger partial charge on any atom is 0.165 e. The van der Waals surface area contributed by atoms with Crippen LogP contribution < -0.4 is 0 Å². The average Bonchev–Trinajstić information content (AvgIpc) is 3.01. The van der Waals surface area contributed by atoms with Gasteiger partial charge in [0, 0.05) is 11.1 Å². The van der Waals surface area contributed by atoms with E-state index in [1.807, 2.05) is 12.3 Å². The lowest BCUT2D eigenvalue weighted by molar-refractivity contribution is -0.0511. The fourth-order valence-corrected chi connectivity index (χ4v) is 2.91. The van der Waals surface area contributed by atoms with Gasteiger partial charge in [-0.2, -0.15) is 0 Å². The number of fused-ring (bicyclic) bond motifs is 1. The van der Waals surface area contributed by atoms with Gasteiger partial charge in [0.25, 0.3) is 0 Å². The van der Waals surface area contributed by atoms with Crippen molar-refractivity contribution >= 4 is 22.9 Å². The van der Waals surface area contributed by atoms with Gasteiger partial charge in [-0.25, -0.2) is 9.97 Å². The van der Waals surface area contributed by atoms with Gasteiger partial charge in [0.1, 0.15) is 23.8 Å². The van der Waals surface area contributed by atoms with Gasteiger partial charge in [0.15, 0.2) is 11.9 Å². The summed E-state index contributed by atoms with van der Waals surface area (Å²) in [6.45, 7) is -0.356. The second-order valence-corrected chi connectivity index (χ2v) is 5.41. The fraction of sp³-hybridized carbons (Fsp3) is 0.500. The van der Waals surface area contributed by atoms with Crippen LogP contribution in [0.15, 0.2) is 23.5 Å². The molecule has 20 heavy (non-hydrogen) atoms. The lowest BCUT2D eigenvalue weighted by Gasteiger charge is -2.16. The number of imidazole rings is 1. The Balaban J connectivity index is 2.03. The molecule has 3 N–H and O–H groups in total. The Bertz CT molecular complexity index is 620. The average molecular weight is 297 g/mol. The molecule has 0 saturated carbocycles. The molecule has 1 aliphatic rings. The van der Waals surface area contributed by atoms with E-state index in [0.717, 1.165) is 10.4 Å².